The van der Waals surface area contributed by atoms with Gasteiger partial charge in [0.1, 0.15) is 17.4 Å². The number of nitrogens with one attached hydrogen (secondary N) is 1. The molecule has 1 saturated carbocycles. The first-order chi connectivity index (χ1) is 15.9. The molecule has 2 aromatic carbocycles. The molecule has 2 aliphatic rings. The maximum Gasteiger partial charge on any atom is 0.264 e. The molecule has 0 bridgehead atoms. The number of carbonyl (C=O) groups excluding carboxylic acids is 1. The average molecular weight is 515 g/mol. The summed E-state index contributed by atoms with van der Waals surface area (Å²) < 4.78 is 37.0. The molecule has 0 spiro atoms. The van der Waals surface area contributed by atoms with Crippen LogP contribution in [0.4, 0.5) is 8.78 Å². The van der Waals surface area contributed by atoms with Gasteiger partial charge in [-0.1, -0.05) is 35.1 Å². The van der Waals surface area contributed by atoms with Gasteiger partial charge in [-0.2, -0.15) is 0 Å². The summed E-state index contributed by atoms with van der Waals surface area (Å²) in [5, 5.41) is 0.496. The second-order valence-electron chi connectivity index (χ2n) is 8.67. The molecule has 9 heteroatoms. The number of halogens is 4. The van der Waals surface area contributed by atoms with Crippen molar-refractivity contribution in [3.05, 3.63) is 62.6 Å². The number of rotatable bonds is 8. The lowest BCUT2D eigenvalue weighted by Crippen LogP contribution is -2.35. The molecule has 1 aliphatic carbocycles. The highest BCUT2D eigenvalue weighted by molar-refractivity contribution is 7.97. The topological polar surface area (TPSA) is 41.6 Å². The highest BCUT2D eigenvalue weighted by Crippen LogP contribution is 2.45. The van der Waals surface area contributed by atoms with Gasteiger partial charge in [-0.25, -0.2) is 8.78 Å². The molecule has 0 aromatic heterocycles. The minimum absolute atomic E-state index is 0.0273. The first-order valence-corrected chi connectivity index (χ1v) is 13.0. The third-order valence-electron chi connectivity index (χ3n) is 6.22. The average Bonchev–Trinajstić information content (AvgIpc) is 3.62. The van der Waals surface area contributed by atoms with E-state index in [9.17, 15) is 13.6 Å². The maximum atomic E-state index is 14.6. The van der Waals surface area contributed by atoms with Crippen molar-refractivity contribution in [1.82, 2.24) is 9.62 Å². The van der Waals surface area contributed by atoms with Crippen LogP contribution in [0.25, 0.3) is 0 Å². The molecule has 1 amide bonds. The van der Waals surface area contributed by atoms with E-state index in [0.717, 1.165) is 61.8 Å². The standard InChI is InChI=1S/C24H26Cl2F2N2O2S/c1-33-29-24(31)18-9-17(15-2-3-15)23(11-21(18)27)32-13-14-4-6-30(7-5-14)12-16-8-22(28)20(26)10-19(16)25/h8-11,14-15H,2-7,12-13H2,1H3,(H,29,31). The van der Waals surface area contributed by atoms with E-state index in [-0.39, 0.29) is 10.6 Å². The maximum absolute atomic E-state index is 14.6. The van der Waals surface area contributed by atoms with Crippen molar-refractivity contribution >= 4 is 41.1 Å². The third kappa shape index (κ3) is 6.13. The van der Waals surface area contributed by atoms with Crippen LogP contribution in [0.3, 0.4) is 0 Å². The number of nitrogens with zero attached hydrogens (tertiary/aromatic N) is 1. The fourth-order valence-electron chi connectivity index (χ4n) is 4.18. The number of amides is 1. The monoisotopic (exact) mass is 514 g/mol. The lowest BCUT2D eigenvalue weighted by Gasteiger charge is -2.32. The summed E-state index contributed by atoms with van der Waals surface area (Å²) in [7, 11) is 0. The van der Waals surface area contributed by atoms with E-state index in [4.69, 9.17) is 27.9 Å². The Labute approximate surface area is 207 Å². The van der Waals surface area contributed by atoms with Gasteiger partial charge in [0.2, 0.25) is 0 Å². The normalized spacial score (nSPS) is 17.2. The fourth-order valence-corrected chi connectivity index (χ4v) is 4.91. The number of benzene rings is 2. The molecule has 2 aromatic rings. The van der Waals surface area contributed by atoms with Crippen LogP contribution < -0.4 is 9.46 Å². The van der Waals surface area contributed by atoms with E-state index in [2.05, 4.69) is 9.62 Å². The van der Waals surface area contributed by atoms with Crippen molar-refractivity contribution < 1.29 is 18.3 Å². The highest BCUT2D eigenvalue weighted by atomic mass is 35.5. The Morgan fingerprint density at radius 1 is 1.09 bits per heavy atom. The van der Waals surface area contributed by atoms with E-state index in [1.54, 1.807) is 12.3 Å². The molecule has 0 atom stereocenters. The first kappa shape index (κ1) is 24.6. The molecular weight excluding hydrogens is 489 g/mol. The number of carbonyl (C=O) groups is 1. The molecule has 178 valence electrons. The van der Waals surface area contributed by atoms with Crippen molar-refractivity contribution in [2.24, 2.45) is 5.92 Å². The van der Waals surface area contributed by atoms with Crippen LogP contribution in [0.5, 0.6) is 5.75 Å². The Balaban J connectivity index is 1.34. The Bertz CT molecular complexity index is 1030. The molecule has 4 nitrogen and oxygen atoms in total. The predicted octanol–water partition coefficient (Wildman–Crippen LogP) is 6.45. The van der Waals surface area contributed by atoms with Gasteiger partial charge < -0.3 is 4.74 Å². The quantitative estimate of drug-likeness (QED) is 0.324. The lowest BCUT2D eigenvalue weighted by molar-refractivity contribution is 0.0980. The summed E-state index contributed by atoms with van der Waals surface area (Å²) >= 11 is 13.1. The van der Waals surface area contributed by atoms with Crippen LogP contribution >= 0.6 is 35.1 Å². The van der Waals surface area contributed by atoms with Crippen molar-refractivity contribution in [2.45, 2.75) is 38.1 Å². The minimum atomic E-state index is -0.567. The second-order valence-corrected chi connectivity index (χ2v) is 10.1. The second kappa shape index (κ2) is 10.8. The molecule has 33 heavy (non-hydrogen) atoms. The van der Waals surface area contributed by atoms with Crippen LogP contribution in [0.15, 0.2) is 24.3 Å². The molecule has 1 N–H and O–H groups in total. The number of likely N-dealkylation sites (tertiary alicyclic amines) is 1. The third-order valence-corrected chi connectivity index (χ3v) is 7.25. The van der Waals surface area contributed by atoms with E-state index in [1.165, 1.54) is 18.2 Å². The fraction of sp³-hybridized carbons (Fsp3) is 0.458. The van der Waals surface area contributed by atoms with Gasteiger partial charge in [-0.3, -0.25) is 14.4 Å². The zero-order valence-corrected chi connectivity index (χ0v) is 20.6. The molecular formula is C24H26Cl2F2N2O2S. The van der Waals surface area contributed by atoms with Gasteiger partial charge in [-0.05, 0) is 79.9 Å². The number of ether oxygens (including phenoxy) is 1. The van der Waals surface area contributed by atoms with Crippen LogP contribution in [0.2, 0.25) is 10.0 Å². The smallest absolute Gasteiger partial charge is 0.264 e. The Hall–Kier alpha value is -1.54. The van der Waals surface area contributed by atoms with Gasteiger partial charge in [0.15, 0.2) is 0 Å². The summed E-state index contributed by atoms with van der Waals surface area (Å²) in [4.78, 5) is 14.4. The number of hydrogen-bond donors (Lipinski definition) is 1. The zero-order valence-electron chi connectivity index (χ0n) is 18.3. The summed E-state index contributed by atoms with van der Waals surface area (Å²) in [6.45, 7) is 2.75. The summed E-state index contributed by atoms with van der Waals surface area (Å²) in [6, 6.07) is 5.85. The van der Waals surface area contributed by atoms with Crippen molar-refractivity contribution in [3.63, 3.8) is 0 Å². The highest BCUT2D eigenvalue weighted by Gasteiger charge is 2.30. The van der Waals surface area contributed by atoms with Crippen LogP contribution in [-0.2, 0) is 6.54 Å². The van der Waals surface area contributed by atoms with Crippen LogP contribution in [0.1, 0.15) is 53.1 Å². The number of hydrogen-bond acceptors (Lipinski definition) is 4. The van der Waals surface area contributed by atoms with E-state index >= 15 is 0 Å². The zero-order chi connectivity index (χ0) is 23.5. The van der Waals surface area contributed by atoms with Crippen LogP contribution in [0, 0.1) is 17.6 Å². The summed E-state index contributed by atoms with van der Waals surface area (Å²) in [5.74, 6) is -0.248. The SMILES string of the molecule is CSNC(=O)c1cc(C2CC2)c(OCC2CCN(Cc3cc(F)c(Cl)cc3Cl)CC2)cc1F. The summed E-state index contributed by atoms with van der Waals surface area (Å²) in [6.07, 6.45) is 5.62. The lowest BCUT2D eigenvalue weighted by atomic mass is 9.97. The van der Waals surface area contributed by atoms with Gasteiger partial charge in [0.05, 0.1) is 17.2 Å². The van der Waals surface area contributed by atoms with E-state index in [0.29, 0.717) is 35.8 Å². The molecule has 0 radical (unpaired) electrons. The number of piperidine rings is 1. The predicted molar refractivity (Wildman–Crippen MR) is 129 cm³/mol. The largest absolute Gasteiger partial charge is 0.493 e. The van der Waals surface area contributed by atoms with Gasteiger partial charge in [-0.15, -0.1) is 0 Å². The van der Waals surface area contributed by atoms with Gasteiger partial charge in [0.25, 0.3) is 5.91 Å². The molecule has 2 fully saturated rings. The Kier molecular flexibility index (Phi) is 8.05. The van der Waals surface area contributed by atoms with Crippen molar-refractivity contribution in [3.8, 4) is 5.75 Å². The minimum Gasteiger partial charge on any atom is -0.493 e. The first-order valence-electron chi connectivity index (χ1n) is 11.0. The molecule has 1 aliphatic heterocycles. The summed E-state index contributed by atoms with van der Waals surface area (Å²) in [5.41, 5.74) is 1.70. The van der Waals surface area contributed by atoms with E-state index < -0.39 is 17.5 Å². The van der Waals surface area contributed by atoms with Crippen molar-refractivity contribution in [1.29, 1.82) is 0 Å². The van der Waals surface area contributed by atoms with Crippen LogP contribution in [-0.4, -0.2) is 36.8 Å². The molecule has 0 unspecified atom stereocenters. The molecule has 1 heterocycles. The van der Waals surface area contributed by atoms with Gasteiger partial charge >= 0.3 is 0 Å². The van der Waals surface area contributed by atoms with Gasteiger partial charge in [0, 0.05) is 23.9 Å². The van der Waals surface area contributed by atoms with Crippen molar-refractivity contribution in [2.75, 3.05) is 26.0 Å². The van der Waals surface area contributed by atoms with E-state index in [1.807, 2.05) is 0 Å². The molecule has 1 saturated heterocycles. The Morgan fingerprint density at radius 2 is 1.82 bits per heavy atom. The Morgan fingerprint density at radius 3 is 2.48 bits per heavy atom. The molecule has 4 rings (SSSR count).